The van der Waals surface area contributed by atoms with Gasteiger partial charge in [0, 0.05) is 12.7 Å². The molecule has 0 saturated heterocycles. The summed E-state index contributed by atoms with van der Waals surface area (Å²) in [6, 6.07) is 0. The maximum Gasteiger partial charge on any atom is 0.0827 e. The molecule has 3 nitrogen and oxygen atoms in total. The van der Waals surface area contributed by atoms with Crippen molar-refractivity contribution >= 4 is 0 Å². The van der Waals surface area contributed by atoms with Crippen LogP contribution in [0.4, 0.5) is 0 Å². The highest BCUT2D eigenvalue weighted by molar-refractivity contribution is 4.93. The predicted octanol–water partition coefficient (Wildman–Crippen LogP) is 2.28. The standard InChI is InChI=1S/C10H19N3/c1-5-13-8-9(11-12-13)6-7-10(2,3)4/h8H,5-7H2,1-4H3. The summed E-state index contributed by atoms with van der Waals surface area (Å²) in [5.74, 6) is 0. The molecule has 0 unspecified atom stereocenters. The molecule has 0 fully saturated rings. The molecule has 1 heterocycles. The summed E-state index contributed by atoms with van der Waals surface area (Å²) in [5.41, 5.74) is 1.49. The molecule has 1 aromatic rings. The predicted molar refractivity (Wildman–Crippen MR) is 53.5 cm³/mol. The van der Waals surface area contributed by atoms with E-state index in [4.69, 9.17) is 0 Å². The van der Waals surface area contributed by atoms with E-state index in [2.05, 4.69) is 38.0 Å². The highest BCUT2D eigenvalue weighted by atomic mass is 15.4. The highest BCUT2D eigenvalue weighted by Crippen LogP contribution is 2.20. The van der Waals surface area contributed by atoms with Gasteiger partial charge >= 0.3 is 0 Å². The van der Waals surface area contributed by atoms with Crippen LogP contribution >= 0.6 is 0 Å². The van der Waals surface area contributed by atoms with Gasteiger partial charge in [0.15, 0.2) is 0 Å². The maximum atomic E-state index is 4.10. The van der Waals surface area contributed by atoms with E-state index in [1.165, 1.54) is 0 Å². The van der Waals surface area contributed by atoms with E-state index in [0.717, 1.165) is 25.1 Å². The summed E-state index contributed by atoms with van der Waals surface area (Å²) in [7, 11) is 0. The van der Waals surface area contributed by atoms with Gasteiger partial charge in [0.25, 0.3) is 0 Å². The average molecular weight is 181 g/mol. The van der Waals surface area contributed by atoms with Gasteiger partial charge in [-0.1, -0.05) is 26.0 Å². The molecule has 0 aliphatic rings. The second kappa shape index (κ2) is 3.90. The summed E-state index contributed by atoms with van der Waals surface area (Å²) in [6.07, 6.45) is 4.23. The zero-order valence-corrected chi connectivity index (χ0v) is 9.04. The van der Waals surface area contributed by atoms with E-state index in [9.17, 15) is 0 Å². The van der Waals surface area contributed by atoms with Crippen LogP contribution in [0.2, 0.25) is 0 Å². The molecule has 0 aliphatic heterocycles. The number of hydrogen-bond donors (Lipinski definition) is 0. The monoisotopic (exact) mass is 181 g/mol. The normalized spacial score (nSPS) is 12.0. The molecule has 0 aliphatic carbocycles. The van der Waals surface area contributed by atoms with Gasteiger partial charge in [-0.15, -0.1) is 5.10 Å². The average Bonchev–Trinajstić information content (AvgIpc) is 2.47. The van der Waals surface area contributed by atoms with Crippen LogP contribution in [0.1, 0.15) is 39.8 Å². The Morgan fingerprint density at radius 3 is 2.54 bits per heavy atom. The number of nitrogens with zero attached hydrogens (tertiary/aromatic N) is 3. The second-order valence-corrected chi connectivity index (χ2v) is 4.63. The molecule has 0 bridgehead atoms. The van der Waals surface area contributed by atoms with Gasteiger partial charge in [-0.2, -0.15) is 0 Å². The lowest BCUT2D eigenvalue weighted by atomic mass is 9.90. The minimum absolute atomic E-state index is 0.385. The molecule has 1 rings (SSSR count). The molecule has 0 radical (unpaired) electrons. The van der Waals surface area contributed by atoms with E-state index in [0.29, 0.717) is 5.41 Å². The Morgan fingerprint density at radius 1 is 1.38 bits per heavy atom. The molecular formula is C10H19N3. The van der Waals surface area contributed by atoms with Crippen molar-refractivity contribution in [3.05, 3.63) is 11.9 Å². The van der Waals surface area contributed by atoms with Crippen molar-refractivity contribution in [1.29, 1.82) is 0 Å². The van der Waals surface area contributed by atoms with E-state index >= 15 is 0 Å². The fraction of sp³-hybridized carbons (Fsp3) is 0.800. The first-order valence-electron chi connectivity index (χ1n) is 4.90. The Labute approximate surface area is 80.1 Å². The Kier molecular flexibility index (Phi) is 3.07. The van der Waals surface area contributed by atoms with Crippen LogP contribution in [-0.4, -0.2) is 15.0 Å². The van der Waals surface area contributed by atoms with Crippen molar-refractivity contribution < 1.29 is 0 Å². The zero-order valence-electron chi connectivity index (χ0n) is 9.04. The van der Waals surface area contributed by atoms with Crippen LogP contribution in [0.5, 0.6) is 0 Å². The lowest BCUT2D eigenvalue weighted by molar-refractivity contribution is 0.376. The molecule has 0 N–H and O–H groups in total. The van der Waals surface area contributed by atoms with Crippen molar-refractivity contribution in [2.45, 2.75) is 47.1 Å². The van der Waals surface area contributed by atoms with Gasteiger partial charge in [0.1, 0.15) is 0 Å². The Morgan fingerprint density at radius 2 is 2.08 bits per heavy atom. The molecule has 3 heteroatoms. The van der Waals surface area contributed by atoms with Gasteiger partial charge in [0.05, 0.1) is 5.69 Å². The van der Waals surface area contributed by atoms with Crippen LogP contribution < -0.4 is 0 Å². The lowest BCUT2D eigenvalue weighted by Crippen LogP contribution is -2.06. The highest BCUT2D eigenvalue weighted by Gasteiger charge is 2.11. The molecule has 0 saturated carbocycles. The van der Waals surface area contributed by atoms with Gasteiger partial charge in [-0.3, -0.25) is 4.68 Å². The summed E-state index contributed by atoms with van der Waals surface area (Å²) < 4.78 is 1.87. The minimum atomic E-state index is 0.385. The Bertz CT molecular complexity index is 257. The zero-order chi connectivity index (χ0) is 9.90. The summed E-state index contributed by atoms with van der Waals surface area (Å²) in [4.78, 5) is 0. The molecular weight excluding hydrogens is 162 g/mol. The molecule has 1 aromatic heterocycles. The smallest absolute Gasteiger partial charge is 0.0827 e. The van der Waals surface area contributed by atoms with Gasteiger partial charge in [-0.05, 0) is 25.2 Å². The third kappa shape index (κ3) is 3.57. The molecule has 0 spiro atoms. The van der Waals surface area contributed by atoms with Crippen LogP contribution in [0.15, 0.2) is 6.20 Å². The van der Waals surface area contributed by atoms with Crippen molar-refractivity contribution in [2.24, 2.45) is 5.41 Å². The molecule has 74 valence electrons. The third-order valence-electron chi connectivity index (χ3n) is 2.04. The van der Waals surface area contributed by atoms with Crippen molar-refractivity contribution in [1.82, 2.24) is 15.0 Å². The first-order valence-corrected chi connectivity index (χ1v) is 4.90. The van der Waals surface area contributed by atoms with E-state index in [1.54, 1.807) is 0 Å². The van der Waals surface area contributed by atoms with E-state index in [1.807, 2.05) is 10.9 Å². The third-order valence-corrected chi connectivity index (χ3v) is 2.04. The van der Waals surface area contributed by atoms with Gasteiger partial charge < -0.3 is 0 Å². The SMILES string of the molecule is CCn1cc(CCC(C)(C)C)nn1. The summed E-state index contributed by atoms with van der Waals surface area (Å²) >= 11 is 0. The lowest BCUT2D eigenvalue weighted by Gasteiger charge is -2.16. The number of hydrogen-bond acceptors (Lipinski definition) is 2. The Hall–Kier alpha value is -0.860. The van der Waals surface area contributed by atoms with Crippen molar-refractivity contribution in [3.8, 4) is 0 Å². The number of rotatable bonds is 3. The number of aryl methyl sites for hydroxylation is 2. The Balaban J connectivity index is 2.46. The fourth-order valence-electron chi connectivity index (χ4n) is 1.11. The van der Waals surface area contributed by atoms with E-state index < -0.39 is 0 Å². The van der Waals surface area contributed by atoms with Gasteiger partial charge in [-0.25, -0.2) is 0 Å². The number of aromatic nitrogens is 3. The molecule has 0 aromatic carbocycles. The topological polar surface area (TPSA) is 30.7 Å². The maximum absolute atomic E-state index is 4.10. The largest absolute Gasteiger partial charge is 0.253 e. The first kappa shape index (κ1) is 10.2. The quantitative estimate of drug-likeness (QED) is 0.716. The second-order valence-electron chi connectivity index (χ2n) is 4.63. The van der Waals surface area contributed by atoms with Crippen LogP contribution in [0.3, 0.4) is 0 Å². The minimum Gasteiger partial charge on any atom is -0.253 e. The van der Waals surface area contributed by atoms with Gasteiger partial charge in [0.2, 0.25) is 0 Å². The van der Waals surface area contributed by atoms with Crippen molar-refractivity contribution in [3.63, 3.8) is 0 Å². The molecule has 0 atom stereocenters. The first-order chi connectivity index (χ1) is 6.01. The van der Waals surface area contributed by atoms with Crippen LogP contribution in [-0.2, 0) is 13.0 Å². The van der Waals surface area contributed by atoms with Crippen molar-refractivity contribution in [2.75, 3.05) is 0 Å². The summed E-state index contributed by atoms with van der Waals surface area (Å²) in [5, 5.41) is 8.11. The fourth-order valence-corrected chi connectivity index (χ4v) is 1.11. The molecule has 0 amide bonds. The van der Waals surface area contributed by atoms with Crippen LogP contribution in [0.25, 0.3) is 0 Å². The van der Waals surface area contributed by atoms with E-state index in [-0.39, 0.29) is 0 Å². The molecule has 13 heavy (non-hydrogen) atoms. The summed E-state index contributed by atoms with van der Waals surface area (Å²) in [6.45, 7) is 9.72. The van der Waals surface area contributed by atoms with Crippen LogP contribution in [0, 0.1) is 5.41 Å².